The summed E-state index contributed by atoms with van der Waals surface area (Å²) in [5.41, 5.74) is 2.57. The van der Waals surface area contributed by atoms with Crippen molar-refractivity contribution in [1.82, 2.24) is 19.6 Å². The van der Waals surface area contributed by atoms with Crippen LogP contribution in [-0.4, -0.2) is 83.3 Å². The number of amides is 3. The van der Waals surface area contributed by atoms with E-state index in [1.54, 1.807) is 19.0 Å². The Morgan fingerprint density at radius 3 is 2.34 bits per heavy atom. The van der Waals surface area contributed by atoms with Crippen LogP contribution >= 0.6 is 0 Å². The summed E-state index contributed by atoms with van der Waals surface area (Å²) in [6, 6.07) is 24.6. The maximum absolute atomic E-state index is 13.4. The molecule has 6 rings (SSSR count). The number of benzene rings is 3. The molecular formula is C31H35N5O2. The summed E-state index contributed by atoms with van der Waals surface area (Å²) in [6.45, 7) is 3.29. The average molecular weight is 510 g/mol. The van der Waals surface area contributed by atoms with Crippen LogP contribution in [0.4, 0.5) is 4.79 Å². The number of carbonyl (C=O) groups is 2. The molecule has 2 unspecified atom stereocenters. The molecule has 0 spiro atoms. The number of imide groups is 1. The Bertz CT molecular complexity index is 1360. The molecule has 0 radical (unpaired) electrons. The molecule has 7 heteroatoms. The number of fused-ring (bicyclic) bond motifs is 2. The van der Waals surface area contributed by atoms with Gasteiger partial charge in [-0.2, -0.15) is 0 Å². The minimum absolute atomic E-state index is 0.182. The summed E-state index contributed by atoms with van der Waals surface area (Å²) < 4.78 is 0. The van der Waals surface area contributed by atoms with Crippen molar-refractivity contribution in [2.75, 3.05) is 33.7 Å². The lowest BCUT2D eigenvalue weighted by atomic mass is 9.90. The fraction of sp³-hybridized carbons (Fsp3) is 0.387. The predicted octanol–water partition coefficient (Wildman–Crippen LogP) is 4.23. The van der Waals surface area contributed by atoms with E-state index in [1.807, 2.05) is 6.07 Å². The van der Waals surface area contributed by atoms with Gasteiger partial charge in [0.05, 0.1) is 6.54 Å². The molecule has 3 aliphatic rings. The van der Waals surface area contributed by atoms with Gasteiger partial charge < -0.3 is 9.80 Å². The van der Waals surface area contributed by atoms with Crippen LogP contribution in [-0.2, 0) is 17.8 Å². The predicted molar refractivity (Wildman–Crippen MR) is 150 cm³/mol. The molecular weight excluding hydrogens is 474 g/mol. The largest absolute Gasteiger partial charge is 0.339 e. The quantitative estimate of drug-likeness (QED) is 0.499. The van der Waals surface area contributed by atoms with Crippen molar-refractivity contribution in [2.24, 2.45) is 10.9 Å². The Labute approximate surface area is 224 Å². The van der Waals surface area contributed by atoms with Gasteiger partial charge in [-0.3, -0.25) is 14.6 Å². The van der Waals surface area contributed by atoms with Gasteiger partial charge in [0.1, 0.15) is 5.84 Å². The first-order chi connectivity index (χ1) is 18.5. The van der Waals surface area contributed by atoms with Crippen LogP contribution in [0.2, 0.25) is 0 Å². The van der Waals surface area contributed by atoms with E-state index in [-0.39, 0.29) is 11.9 Å². The molecule has 2 saturated heterocycles. The second-order valence-electron chi connectivity index (χ2n) is 10.9. The highest BCUT2D eigenvalue weighted by Gasteiger charge is 2.51. The standard InChI is InChI=1S/C31H35N5O2/c1-33-29-28(30(37)34(2)31(33)38)36(20-25-13-8-12-24-11-6-7-14-26(24)25)27(32-29)21-35-17-15-23(16-18-35)19-22-9-4-3-5-10-22/h3-14,23,28-29H,15-21H2,1-2H3. The van der Waals surface area contributed by atoms with Crippen LogP contribution in [0.25, 0.3) is 10.8 Å². The van der Waals surface area contributed by atoms with Gasteiger partial charge in [0.25, 0.3) is 5.91 Å². The molecule has 3 amide bonds. The van der Waals surface area contributed by atoms with Gasteiger partial charge in [0.2, 0.25) is 0 Å². The van der Waals surface area contributed by atoms with Gasteiger partial charge in [0.15, 0.2) is 12.2 Å². The second kappa shape index (κ2) is 10.2. The van der Waals surface area contributed by atoms with Crippen LogP contribution in [0, 0.1) is 5.92 Å². The van der Waals surface area contributed by atoms with E-state index in [1.165, 1.54) is 21.2 Å². The molecule has 3 heterocycles. The highest BCUT2D eigenvalue weighted by Crippen LogP contribution is 2.31. The lowest BCUT2D eigenvalue weighted by Gasteiger charge is -2.40. The van der Waals surface area contributed by atoms with Crippen LogP contribution in [0.15, 0.2) is 77.8 Å². The Morgan fingerprint density at radius 1 is 0.842 bits per heavy atom. The molecule has 0 aromatic heterocycles. The van der Waals surface area contributed by atoms with Crippen LogP contribution in [0.1, 0.15) is 24.0 Å². The normalized spacial score (nSPS) is 22.8. The van der Waals surface area contributed by atoms with Gasteiger partial charge >= 0.3 is 6.03 Å². The fourth-order valence-electron chi connectivity index (χ4n) is 6.25. The number of amidine groups is 1. The summed E-state index contributed by atoms with van der Waals surface area (Å²) in [5.74, 6) is 1.41. The number of rotatable bonds is 6. The smallest absolute Gasteiger partial charge is 0.328 e. The molecule has 38 heavy (non-hydrogen) atoms. The van der Waals surface area contributed by atoms with E-state index in [4.69, 9.17) is 4.99 Å². The molecule has 2 fully saturated rings. The number of carbonyl (C=O) groups excluding carboxylic acids is 2. The van der Waals surface area contributed by atoms with Gasteiger partial charge in [-0.05, 0) is 60.2 Å². The van der Waals surface area contributed by atoms with E-state index >= 15 is 0 Å². The topological polar surface area (TPSA) is 59.5 Å². The minimum Gasteiger partial charge on any atom is -0.339 e. The van der Waals surface area contributed by atoms with Gasteiger partial charge in [-0.1, -0.05) is 72.8 Å². The maximum atomic E-state index is 13.4. The van der Waals surface area contributed by atoms with Crippen molar-refractivity contribution in [2.45, 2.75) is 38.0 Å². The van der Waals surface area contributed by atoms with Crippen molar-refractivity contribution >= 4 is 28.5 Å². The summed E-state index contributed by atoms with van der Waals surface area (Å²) >= 11 is 0. The molecule has 2 atom stereocenters. The number of piperidine rings is 1. The summed E-state index contributed by atoms with van der Waals surface area (Å²) in [6.07, 6.45) is 2.93. The van der Waals surface area contributed by atoms with E-state index < -0.39 is 12.2 Å². The number of likely N-dealkylation sites (N-methyl/N-ethyl adjacent to an activating group) is 2. The van der Waals surface area contributed by atoms with Gasteiger partial charge in [-0.25, -0.2) is 9.79 Å². The van der Waals surface area contributed by atoms with Crippen molar-refractivity contribution < 1.29 is 9.59 Å². The monoisotopic (exact) mass is 509 g/mol. The maximum Gasteiger partial charge on any atom is 0.328 e. The lowest BCUT2D eigenvalue weighted by Crippen LogP contribution is -2.64. The third kappa shape index (κ3) is 4.56. The van der Waals surface area contributed by atoms with Crippen LogP contribution in [0.5, 0.6) is 0 Å². The van der Waals surface area contributed by atoms with Crippen molar-refractivity contribution in [3.05, 3.63) is 83.9 Å². The number of nitrogens with zero attached hydrogens (tertiary/aromatic N) is 5. The molecule has 3 aromatic carbocycles. The second-order valence-corrected chi connectivity index (χ2v) is 10.9. The molecule has 7 nitrogen and oxygen atoms in total. The zero-order valence-corrected chi connectivity index (χ0v) is 22.2. The molecule has 3 aliphatic heterocycles. The molecule has 0 aliphatic carbocycles. The van der Waals surface area contributed by atoms with E-state index in [0.717, 1.165) is 43.8 Å². The zero-order valence-electron chi connectivity index (χ0n) is 22.2. The third-order valence-electron chi connectivity index (χ3n) is 8.46. The van der Waals surface area contributed by atoms with Gasteiger partial charge in [0, 0.05) is 20.6 Å². The van der Waals surface area contributed by atoms with Crippen molar-refractivity contribution in [3.63, 3.8) is 0 Å². The minimum atomic E-state index is -0.507. The molecule has 0 bridgehead atoms. The van der Waals surface area contributed by atoms with Gasteiger partial charge in [-0.15, -0.1) is 0 Å². The summed E-state index contributed by atoms with van der Waals surface area (Å²) in [7, 11) is 3.32. The molecule has 3 aromatic rings. The third-order valence-corrected chi connectivity index (χ3v) is 8.46. The Hall–Kier alpha value is -3.71. The highest BCUT2D eigenvalue weighted by atomic mass is 16.2. The molecule has 196 valence electrons. The first-order valence-corrected chi connectivity index (χ1v) is 13.6. The SMILES string of the molecule is CN1C(=O)C2C(N=C(CN3CCC(Cc4ccccc4)CC3)N2Cc2cccc3ccccc23)N(C)C1=O. The number of hydrogen-bond donors (Lipinski definition) is 0. The lowest BCUT2D eigenvalue weighted by molar-refractivity contribution is -0.136. The first-order valence-electron chi connectivity index (χ1n) is 13.6. The molecule has 0 N–H and O–H groups in total. The average Bonchev–Trinajstić information content (AvgIpc) is 3.30. The van der Waals surface area contributed by atoms with Crippen molar-refractivity contribution in [3.8, 4) is 0 Å². The van der Waals surface area contributed by atoms with E-state index in [9.17, 15) is 9.59 Å². The summed E-state index contributed by atoms with van der Waals surface area (Å²) in [4.78, 5) is 38.7. The van der Waals surface area contributed by atoms with Crippen molar-refractivity contribution in [1.29, 1.82) is 0 Å². The zero-order chi connectivity index (χ0) is 26.2. The van der Waals surface area contributed by atoms with E-state index in [2.05, 4.69) is 76.5 Å². The first kappa shape index (κ1) is 24.6. The van der Waals surface area contributed by atoms with Crippen LogP contribution < -0.4 is 0 Å². The fourth-order valence-corrected chi connectivity index (χ4v) is 6.25. The number of aliphatic imine (C=N–C) groups is 1. The Morgan fingerprint density at radius 2 is 1.55 bits per heavy atom. The van der Waals surface area contributed by atoms with Crippen LogP contribution in [0.3, 0.4) is 0 Å². The Kier molecular flexibility index (Phi) is 6.62. The highest BCUT2D eigenvalue weighted by molar-refractivity contribution is 6.04. The number of likely N-dealkylation sites (tertiary alicyclic amines) is 1. The molecule has 0 saturated carbocycles. The Balaban J connectivity index is 1.23. The summed E-state index contributed by atoms with van der Waals surface area (Å²) in [5, 5.41) is 2.36. The number of urea groups is 1. The number of hydrogen-bond acceptors (Lipinski definition) is 5. The van der Waals surface area contributed by atoms with E-state index in [0.29, 0.717) is 19.0 Å².